The van der Waals surface area contributed by atoms with Crippen LogP contribution in [0.25, 0.3) is 10.9 Å². The zero-order valence-corrected chi connectivity index (χ0v) is 21.7. The van der Waals surface area contributed by atoms with Crippen molar-refractivity contribution in [2.75, 3.05) is 10.6 Å². The summed E-state index contributed by atoms with van der Waals surface area (Å²) in [6.07, 6.45) is 12.4. The Labute approximate surface area is 213 Å². The fraction of sp³-hybridized carbons (Fsp3) is 0.333. The molecule has 35 heavy (non-hydrogen) atoms. The Morgan fingerprint density at radius 3 is 2.69 bits per heavy atom. The number of halogens is 1. The van der Waals surface area contributed by atoms with Gasteiger partial charge >= 0.3 is 0 Å². The Hall–Kier alpha value is -3.47. The molecule has 0 spiro atoms. The Balaban J connectivity index is 2.07. The van der Waals surface area contributed by atoms with E-state index in [4.69, 9.17) is 11.6 Å². The molecule has 0 amide bonds. The number of hydrazine groups is 2. The van der Waals surface area contributed by atoms with Gasteiger partial charge in [0.05, 0.1) is 33.5 Å². The van der Waals surface area contributed by atoms with Crippen LogP contribution < -0.4 is 21.6 Å². The molecule has 184 valence electrons. The number of allylic oxidation sites excluding steroid dienone is 3. The molecule has 3 rings (SSSR count). The molecule has 8 heteroatoms. The minimum Gasteiger partial charge on any atom is -0.381 e. The minimum atomic E-state index is -0.251. The van der Waals surface area contributed by atoms with Crippen LogP contribution in [0.1, 0.15) is 46.6 Å². The molecule has 1 aromatic heterocycles. The first kappa shape index (κ1) is 26.1. The quantitative estimate of drug-likeness (QED) is 0.302. The van der Waals surface area contributed by atoms with E-state index in [-0.39, 0.29) is 18.1 Å². The SMILES string of the molecule is C=C(/C=C\C=C/C)[C@H](Nc1cc(Cl)c2ncc(C#N)c(N[C@@H](C)CC)c2c1)C1=CN(C(C)C)NN1. The standard InChI is InChI=1S/C27H34ClN7/c1-7-9-10-11-18(5)25(24-16-35(17(3)4)34-33-24)32-21-12-22-26(31-19(6)8-2)20(14-29)15-30-27(22)23(28)13-21/h7,9-13,15-17,19,25,32-34H,5,8H2,1-4,6H3,(H,30,31)/b9-7-,11-10-/t19-,25-/m0/s1. The lowest BCUT2D eigenvalue weighted by atomic mass is 10.0. The van der Waals surface area contributed by atoms with Gasteiger partial charge in [-0.1, -0.05) is 49.4 Å². The average Bonchev–Trinajstić information content (AvgIpc) is 3.33. The Kier molecular flexibility index (Phi) is 8.80. The van der Waals surface area contributed by atoms with Gasteiger partial charge in [-0.15, -0.1) is 5.53 Å². The summed E-state index contributed by atoms with van der Waals surface area (Å²) < 4.78 is 0. The number of benzene rings is 1. The van der Waals surface area contributed by atoms with Crippen LogP contribution in [-0.2, 0) is 0 Å². The molecule has 7 nitrogen and oxygen atoms in total. The lowest BCUT2D eigenvalue weighted by Crippen LogP contribution is -2.42. The largest absolute Gasteiger partial charge is 0.381 e. The number of aromatic nitrogens is 1. The van der Waals surface area contributed by atoms with Crippen molar-refractivity contribution in [2.24, 2.45) is 0 Å². The lowest BCUT2D eigenvalue weighted by Gasteiger charge is -2.23. The fourth-order valence-electron chi connectivity index (χ4n) is 3.62. The van der Waals surface area contributed by atoms with Crippen molar-refractivity contribution in [1.82, 2.24) is 21.0 Å². The normalized spacial score (nSPS) is 15.4. The van der Waals surface area contributed by atoms with E-state index in [1.54, 1.807) is 6.20 Å². The van der Waals surface area contributed by atoms with Gasteiger partial charge in [0.15, 0.2) is 0 Å². The summed E-state index contributed by atoms with van der Waals surface area (Å²) >= 11 is 6.68. The van der Waals surface area contributed by atoms with Crippen LogP contribution in [0.5, 0.6) is 0 Å². The van der Waals surface area contributed by atoms with Crippen molar-refractivity contribution in [1.29, 1.82) is 5.26 Å². The van der Waals surface area contributed by atoms with E-state index in [0.29, 0.717) is 16.1 Å². The molecule has 1 aliphatic rings. The van der Waals surface area contributed by atoms with Gasteiger partial charge in [-0.05, 0) is 51.8 Å². The zero-order chi connectivity index (χ0) is 25.5. The Morgan fingerprint density at radius 2 is 2.06 bits per heavy atom. The molecular weight excluding hydrogens is 458 g/mol. The summed E-state index contributed by atoms with van der Waals surface area (Å²) in [5, 5.41) is 20.0. The zero-order valence-electron chi connectivity index (χ0n) is 21.0. The first-order valence-corrected chi connectivity index (χ1v) is 12.2. The van der Waals surface area contributed by atoms with E-state index in [1.807, 2.05) is 54.6 Å². The van der Waals surface area contributed by atoms with Crippen molar-refractivity contribution in [3.05, 3.63) is 77.3 Å². The molecule has 0 unspecified atom stereocenters. The van der Waals surface area contributed by atoms with Crippen LogP contribution in [0.15, 0.2) is 66.7 Å². The summed E-state index contributed by atoms with van der Waals surface area (Å²) in [4.78, 5) is 4.46. The van der Waals surface area contributed by atoms with Crippen molar-refractivity contribution in [3.8, 4) is 6.07 Å². The first-order chi connectivity index (χ1) is 16.8. The number of anilines is 2. The topological polar surface area (TPSA) is 88.0 Å². The molecule has 2 heterocycles. The summed E-state index contributed by atoms with van der Waals surface area (Å²) in [7, 11) is 0. The molecule has 0 bridgehead atoms. The number of nitrogens with zero attached hydrogens (tertiary/aromatic N) is 3. The summed E-state index contributed by atoms with van der Waals surface area (Å²) in [6.45, 7) is 14.7. The second-order valence-corrected chi connectivity index (χ2v) is 9.23. The van der Waals surface area contributed by atoms with E-state index in [1.165, 1.54) is 0 Å². The number of rotatable bonds is 10. The summed E-state index contributed by atoms with van der Waals surface area (Å²) in [5.74, 6) is 0. The van der Waals surface area contributed by atoms with Gasteiger partial charge in [0.2, 0.25) is 0 Å². The highest BCUT2D eigenvalue weighted by Crippen LogP contribution is 2.34. The maximum Gasteiger partial charge on any atom is 0.103 e. The lowest BCUT2D eigenvalue weighted by molar-refractivity contribution is 0.221. The predicted molar refractivity (Wildman–Crippen MR) is 147 cm³/mol. The van der Waals surface area contributed by atoms with Crippen LogP contribution >= 0.6 is 11.6 Å². The molecule has 0 radical (unpaired) electrons. The predicted octanol–water partition coefficient (Wildman–Crippen LogP) is 6.01. The Bertz CT molecular complexity index is 1210. The van der Waals surface area contributed by atoms with Crippen LogP contribution in [-0.4, -0.2) is 28.1 Å². The average molecular weight is 492 g/mol. The van der Waals surface area contributed by atoms with Crippen molar-refractivity contribution in [2.45, 2.75) is 59.2 Å². The number of pyridine rings is 1. The summed E-state index contributed by atoms with van der Waals surface area (Å²) in [6, 6.07) is 6.30. The number of hydrogen-bond donors (Lipinski definition) is 4. The maximum atomic E-state index is 9.71. The smallest absolute Gasteiger partial charge is 0.103 e. The molecule has 1 aliphatic heterocycles. The van der Waals surface area contributed by atoms with Gasteiger partial charge in [0.1, 0.15) is 6.07 Å². The van der Waals surface area contributed by atoms with E-state index in [0.717, 1.165) is 34.5 Å². The molecule has 0 fully saturated rings. The highest BCUT2D eigenvalue weighted by Gasteiger charge is 2.24. The number of fused-ring (bicyclic) bond motifs is 1. The summed E-state index contributed by atoms with van der Waals surface area (Å²) in [5.41, 5.74) is 10.9. The minimum absolute atomic E-state index is 0.188. The van der Waals surface area contributed by atoms with Crippen LogP contribution in [0.4, 0.5) is 11.4 Å². The highest BCUT2D eigenvalue weighted by atomic mass is 35.5. The van der Waals surface area contributed by atoms with Gasteiger partial charge in [-0.3, -0.25) is 9.99 Å². The van der Waals surface area contributed by atoms with Crippen LogP contribution in [0, 0.1) is 11.3 Å². The molecule has 2 aromatic rings. The molecule has 2 atom stereocenters. The van der Waals surface area contributed by atoms with Gasteiger partial charge < -0.3 is 16.1 Å². The van der Waals surface area contributed by atoms with E-state index in [2.05, 4.69) is 66.9 Å². The molecular formula is C27H34ClN7. The Morgan fingerprint density at radius 1 is 1.29 bits per heavy atom. The second kappa shape index (κ2) is 11.8. The van der Waals surface area contributed by atoms with Gasteiger partial charge in [0.25, 0.3) is 0 Å². The monoisotopic (exact) mass is 491 g/mol. The number of hydrogen-bond acceptors (Lipinski definition) is 7. The van der Waals surface area contributed by atoms with E-state index >= 15 is 0 Å². The first-order valence-electron chi connectivity index (χ1n) is 11.8. The van der Waals surface area contributed by atoms with Gasteiger partial charge in [0, 0.05) is 35.6 Å². The molecule has 4 N–H and O–H groups in total. The molecule has 0 saturated heterocycles. The van der Waals surface area contributed by atoms with Gasteiger partial charge in [-0.2, -0.15) is 5.26 Å². The molecule has 0 aliphatic carbocycles. The van der Waals surface area contributed by atoms with E-state index < -0.39 is 0 Å². The van der Waals surface area contributed by atoms with Crippen molar-refractivity contribution < 1.29 is 0 Å². The third-order valence-electron chi connectivity index (χ3n) is 5.82. The fourth-order valence-corrected chi connectivity index (χ4v) is 3.89. The number of nitrogens with one attached hydrogen (secondary N) is 4. The van der Waals surface area contributed by atoms with Crippen LogP contribution in [0.2, 0.25) is 5.02 Å². The maximum absolute atomic E-state index is 9.71. The third-order valence-corrected chi connectivity index (χ3v) is 6.11. The number of nitriles is 1. The van der Waals surface area contributed by atoms with Crippen molar-refractivity contribution >= 4 is 33.9 Å². The molecule has 0 saturated carbocycles. The van der Waals surface area contributed by atoms with Crippen LogP contribution in [0.3, 0.4) is 0 Å². The molecule has 1 aromatic carbocycles. The third kappa shape index (κ3) is 6.16. The second-order valence-electron chi connectivity index (χ2n) is 8.83. The van der Waals surface area contributed by atoms with Gasteiger partial charge in [-0.25, -0.2) is 0 Å². The van der Waals surface area contributed by atoms with E-state index in [9.17, 15) is 5.26 Å². The highest BCUT2D eigenvalue weighted by molar-refractivity contribution is 6.35. The van der Waals surface area contributed by atoms with Crippen molar-refractivity contribution in [3.63, 3.8) is 0 Å².